The zero-order chi connectivity index (χ0) is 21.3. The van der Waals surface area contributed by atoms with E-state index in [0.717, 1.165) is 0 Å². The Morgan fingerprint density at radius 2 is 1.77 bits per heavy atom. The van der Waals surface area contributed by atoms with Crippen molar-refractivity contribution in [2.75, 3.05) is 19.5 Å². The highest BCUT2D eigenvalue weighted by Gasteiger charge is 2.15. The Kier molecular flexibility index (Phi) is 5.33. The highest BCUT2D eigenvalue weighted by molar-refractivity contribution is 7.22. The number of nitrogens with one attached hydrogen (secondary N) is 1. The lowest BCUT2D eigenvalue weighted by molar-refractivity contribution is 0.0597. The van der Waals surface area contributed by atoms with E-state index < -0.39 is 11.8 Å². The van der Waals surface area contributed by atoms with Crippen LogP contribution in [-0.4, -0.2) is 25.2 Å². The summed E-state index contributed by atoms with van der Waals surface area (Å²) in [5, 5.41) is 3.40. The van der Waals surface area contributed by atoms with Gasteiger partial charge >= 0.3 is 5.97 Å². The first-order valence-electron chi connectivity index (χ1n) is 8.88. The highest BCUT2D eigenvalue weighted by Crippen LogP contribution is 2.33. The zero-order valence-electron chi connectivity index (χ0n) is 16.0. The maximum absolute atomic E-state index is 14.7. The molecule has 0 saturated heterocycles. The van der Waals surface area contributed by atoms with Crippen molar-refractivity contribution in [3.63, 3.8) is 0 Å². The largest absolute Gasteiger partial charge is 0.496 e. The van der Waals surface area contributed by atoms with Crippen molar-refractivity contribution in [1.29, 1.82) is 0 Å². The van der Waals surface area contributed by atoms with Crippen molar-refractivity contribution in [3.8, 4) is 16.9 Å². The first-order valence-corrected chi connectivity index (χ1v) is 9.69. The summed E-state index contributed by atoms with van der Waals surface area (Å²) < 4.78 is 38.7. The van der Waals surface area contributed by atoms with Crippen molar-refractivity contribution in [1.82, 2.24) is 4.98 Å². The first-order chi connectivity index (χ1) is 14.5. The van der Waals surface area contributed by atoms with Crippen LogP contribution in [-0.2, 0) is 4.74 Å². The predicted molar refractivity (Wildman–Crippen MR) is 113 cm³/mol. The molecule has 0 aliphatic heterocycles. The molecule has 0 radical (unpaired) electrons. The number of hydrogen-bond donors (Lipinski definition) is 1. The summed E-state index contributed by atoms with van der Waals surface area (Å²) >= 11 is 1.24. The maximum Gasteiger partial charge on any atom is 0.341 e. The standard InChI is InChI=1S/C22H16F2N2O3S/c1-28-19-10-13(3-6-15(19)21(27)29-2)12-4-7-17(16(24)9-12)25-22-26-18-8-5-14(23)11-20(18)30-22/h3-11H,1-2H3,(H,25,26). The molecular weight excluding hydrogens is 410 g/mol. The zero-order valence-corrected chi connectivity index (χ0v) is 16.8. The van der Waals surface area contributed by atoms with Crippen molar-refractivity contribution in [3.05, 3.63) is 71.8 Å². The SMILES string of the molecule is COC(=O)c1ccc(-c2ccc(Nc3nc4ccc(F)cc4s3)c(F)c2)cc1OC. The maximum atomic E-state index is 14.7. The average molecular weight is 426 g/mol. The molecule has 30 heavy (non-hydrogen) atoms. The molecule has 0 saturated carbocycles. The minimum Gasteiger partial charge on any atom is -0.496 e. The number of carbonyl (C=O) groups excluding carboxylic acids is 1. The van der Waals surface area contributed by atoms with E-state index in [9.17, 15) is 13.6 Å². The van der Waals surface area contributed by atoms with Gasteiger partial charge in [-0.15, -0.1) is 0 Å². The predicted octanol–water partition coefficient (Wildman–Crippen LogP) is 5.78. The third-order valence-electron chi connectivity index (χ3n) is 4.50. The summed E-state index contributed by atoms with van der Waals surface area (Å²) in [4.78, 5) is 16.1. The van der Waals surface area contributed by atoms with E-state index in [0.29, 0.717) is 32.2 Å². The fraction of sp³-hybridized carbons (Fsp3) is 0.0909. The second-order valence-electron chi connectivity index (χ2n) is 6.36. The van der Waals surface area contributed by atoms with E-state index in [1.54, 1.807) is 36.4 Å². The average Bonchev–Trinajstić information content (AvgIpc) is 3.15. The molecule has 0 spiro atoms. The van der Waals surface area contributed by atoms with Crippen LogP contribution in [0.4, 0.5) is 19.6 Å². The molecule has 0 atom stereocenters. The number of carbonyl (C=O) groups is 1. The van der Waals surface area contributed by atoms with Gasteiger partial charge in [-0.1, -0.05) is 23.5 Å². The number of anilines is 2. The number of halogens is 2. The topological polar surface area (TPSA) is 60.5 Å². The molecule has 8 heteroatoms. The summed E-state index contributed by atoms with van der Waals surface area (Å²) in [5.41, 5.74) is 2.46. The Morgan fingerprint density at radius 3 is 2.50 bits per heavy atom. The lowest BCUT2D eigenvalue weighted by Gasteiger charge is -2.11. The monoisotopic (exact) mass is 426 g/mol. The molecule has 0 unspecified atom stereocenters. The molecule has 0 amide bonds. The third kappa shape index (κ3) is 3.81. The van der Waals surface area contributed by atoms with Gasteiger partial charge in [0, 0.05) is 0 Å². The van der Waals surface area contributed by atoms with Gasteiger partial charge < -0.3 is 14.8 Å². The second kappa shape index (κ2) is 8.08. The van der Waals surface area contributed by atoms with E-state index in [1.807, 2.05) is 0 Å². The van der Waals surface area contributed by atoms with Crippen LogP contribution in [0.1, 0.15) is 10.4 Å². The molecule has 5 nitrogen and oxygen atoms in total. The van der Waals surface area contributed by atoms with Crippen LogP contribution in [0.2, 0.25) is 0 Å². The number of aromatic nitrogens is 1. The normalized spacial score (nSPS) is 10.8. The number of benzene rings is 3. The summed E-state index contributed by atoms with van der Waals surface area (Å²) in [7, 11) is 2.74. The van der Waals surface area contributed by atoms with Gasteiger partial charge in [-0.25, -0.2) is 18.6 Å². The molecule has 0 aliphatic carbocycles. The Bertz CT molecular complexity index is 1260. The van der Waals surface area contributed by atoms with Crippen molar-refractivity contribution in [2.24, 2.45) is 0 Å². The summed E-state index contributed by atoms with van der Waals surface area (Å²) in [5.74, 6) is -1.00. The quantitative estimate of drug-likeness (QED) is 0.410. The van der Waals surface area contributed by atoms with Gasteiger partial charge in [0.15, 0.2) is 5.13 Å². The summed E-state index contributed by atoms with van der Waals surface area (Å²) in [6, 6.07) is 13.9. The Balaban J connectivity index is 1.62. The van der Waals surface area contributed by atoms with Crippen LogP contribution < -0.4 is 10.1 Å². The van der Waals surface area contributed by atoms with Crippen LogP contribution in [0.3, 0.4) is 0 Å². The lowest BCUT2D eigenvalue weighted by Crippen LogP contribution is -2.04. The first kappa shape index (κ1) is 19.8. The van der Waals surface area contributed by atoms with Gasteiger partial charge in [0.05, 0.1) is 30.1 Å². The van der Waals surface area contributed by atoms with Crippen molar-refractivity contribution >= 4 is 38.3 Å². The summed E-state index contributed by atoms with van der Waals surface area (Å²) in [6.07, 6.45) is 0. The molecule has 1 aromatic heterocycles. The fourth-order valence-corrected chi connectivity index (χ4v) is 3.92. The van der Waals surface area contributed by atoms with Gasteiger partial charge in [0.2, 0.25) is 0 Å². The number of nitrogens with zero attached hydrogens (tertiary/aromatic N) is 1. The Hall–Kier alpha value is -3.52. The van der Waals surface area contributed by atoms with Crippen molar-refractivity contribution in [2.45, 2.75) is 0 Å². The molecule has 1 N–H and O–H groups in total. The second-order valence-corrected chi connectivity index (χ2v) is 7.39. The molecular formula is C22H16F2N2O3S. The molecule has 4 rings (SSSR count). The van der Waals surface area contributed by atoms with Gasteiger partial charge in [0.25, 0.3) is 0 Å². The van der Waals surface area contributed by atoms with E-state index in [2.05, 4.69) is 10.3 Å². The fourth-order valence-electron chi connectivity index (χ4n) is 3.01. The minimum absolute atomic E-state index is 0.247. The Labute approximate surface area is 174 Å². The van der Waals surface area contributed by atoms with E-state index in [4.69, 9.17) is 9.47 Å². The number of thiazole rings is 1. The number of hydrogen-bond acceptors (Lipinski definition) is 6. The van der Waals surface area contributed by atoms with E-state index in [1.165, 1.54) is 43.8 Å². The van der Waals surface area contributed by atoms with Gasteiger partial charge in [0.1, 0.15) is 22.9 Å². The minimum atomic E-state index is -0.514. The number of rotatable bonds is 5. The van der Waals surface area contributed by atoms with Crippen LogP contribution >= 0.6 is 11.3 Å². The number of fused-ring (bicyclic) bond motifs is 1. The van der Waals surface area contributed by atoms with E-state index in [-0.39, 0.29) is 17.1 Å². The van der Waals surface area contributed by atoms with Gasteiger partial charge in [-0.2, -0.15) is 0 Å². The molecule has 4 aromatic rings. The summed E-state index contributed by atoms with van der Waals surface area (Å²) in [6.45, 7) is 0. The lowest BCUT2D eigenvalue weighted by atomic mass is 10.0. The van der Waals surface area contributed by atoms with Crippen LogP contribution in [0.25, 0.3) is 21.3 Å². The van der Waals surface area contributed by atoms with E-state index >= 15 is 0 Å². The van der Waals surface area contributed by atoms with Crippen LogP contribution in [0.5, 0.6) is 5.75 Å². The van der Waals surface area contributed by atoms with Gasteiger partial charge in [-0.3, -0.25) is 0 Å². The van der Waals surface area contributed by atoms with Crippen LogP contribution in [0.15, 0.2) is 54.6 Å². The van der Waals surface area contributed by atoms with Crippen molar-refractivity contribution < 1.29 is 23.0 Å². The smallest absolute Gasteiger partial charge is 0.341 e. The third-order valence-corrected chi connectivity index (χ3v) is 5.43. The molecule has 0 fully saturated rings. The molecule has 3 aromatic carbocycles. The molecule has 0 aliphatic rings. The highest BCUT2D eigenvalue weighted by atomic mass is 32.1. The number of esters is 1. The van der Waals surface area contributed by atoms with Crippen LogP contribution in [0, 0.1) is 11.6 Å². The molecule has 0 bridgehead atoms. The number of ether oxygens (including phenoxy) is 2. The molecule has 152 valence electrons. The van der Waals surface area contributed by atoms with Gasteiger partial charge in [-0.05, 0) is 53.6 Å². The number of methoxy groups -OCH3 is 2. The molecule has 1 heterocycles. The Morgan fingerprint density at radius 1 is 1.00 bits per heavy atom.